The Morgan fingerprint density at radius 2 is 2.17 bits per heavy atom. The van der Waals surface area contributed by atoms with E-state index in [1.807, 2.05) is 29.8 Å². The quantitative estimate of drug-likeness (QED) is 0.697. The average Bonchev–Trinajstić information content (AvgIpc) is 2.96. The maximum Gasteiger partial charge on any atom is 0.142 e. The zero-order valence-electron chi connectivity index (χ0n) is 13.3. The highest BCUT2D eigenvalue weighted by atomic mass is 35.5. The molecule has 0 fully saturated rings. The van der Waals surface area contributed by atoms with Gasteiger partial charge in [-0.15, -0.1) is 0 Å². The lowest BCUT2D eigenvalue weighted by Gasteiger charge is -2.13. The third kappa shape index (κ3) is 2.86. The van der Waals surface area contributed by atoms with Crippen LogP contribution >= 0.6 is 11.6 Å². The lowest BCUT2D eigenvalue weighted by Crippen LogP contribution is -2.10. The van der Waals surface area contributed by atoms with E-state index in [0.717, 1.165) is 10.9 Å². The summed E-state index contributed by atoms with van der Waals surface area (Å²) in [6, 6.07) is 10.3. The van der Waals surface area contributed by atoms with Crippen molar-refractivity contribution in [1.29, 1.82) is 5.26 Å². The van der Waals surface area contributed by atoms with E-state index in [9.17, 15) is 4.39 Å². The number of fused-ring (bicyclic) bond motifs is 1. The molecule has 0 bridgehead atoms. The number of nitriles is 1. The summed E-state index contributed by atoms with van der Waals surface area (Å²) in [5.41, 5.74) is 2.54. The van der Waals surface area contributed by atoms with Gasteiger partial charge in [0.2, 0.25) is 0 Å². The SMILES string of the molecule is COCC(C)n1cc(-c2ccc(Cl)c(F)c2)c2ccc(C#N)nc21. The van der Waals surface area contributed by atoms with Crippen LogP contribution in [0.3, 0.4) is 0 Å². The lowest BCUT2D eigenvalue weighted by molar-refractivity contribution is 0.164. The number of halogens is 2. The van der Waals surface area contributed by atoms with Crippen LogP contribution in [0, 0.1) is 17.1 Å². The molecule has 0 saturated carbocycles. The average molecular weight is 344 g/mol. The molecule has 0 N–H and O–H groups in total. The van der Waals surface area contributed by atoms with Crippen molar-refractivity contribution in [3.05, 3.63) is 53.1 Å². The largest absolute Gasteiger partial charge is 0.383 e. The van der Waals surface area contributed by atoms with Crippen LogP contribution in [0.25, 0.3) is 22.2 Å². The summed E-state index contributed by atoms with van der Waals surface area (Å²) in [6.07, 6.45) is 1.91. The van der Waals surface area contributed by atoms with Crippen molar-refractivity contribution in [2.24, 2.45) is 0 Å². The van der Waals surface area contributed by atoms with Gasteiger partial charge in [-0.1, -0.05) is 17.7 Å². The molecule has 1 atom stereocenters. The van der Waals surface area contributed by atoms with Gasteiger partial charge in [-0.25, -0.2) is 9.37 Å². The van der Waals surface area contributed by atoms with Crippen molar-refractivity contribution in [3.8, 4) is 17.2 Å². The summed E-state index contributed by atoms with van der Waals surface area (Å²) >= 11 is 5.78. The minimum atomic E-state index is -0.471. The normalized spacial score (nSPS) is 12.3. The molecule has 0 saturated heterocycles. The minimum absolute atomic E-state index is 0.0184. The van der Waals surface area contributed by atoms with E-state index in [1.165, 1.54) is 12.1 Å². The molecule has 2 heterocycles. The summed E-state index contributed by atoms with van der Waals surface area (Å²) in [4.78, 5) is 4.41. The Kier molecular flexibility index (Phi) is 4.52. The van der Waals surface area contributed by atoms with Gasteiger partial charge in [-0.3, -0.25) is 0 Å². The first-order chi connectivity index (χ1) is 11.5. The Morgan fingerprint density at radius 3 is 2.83 bits per heavy atom. The standard InChI is InChI=1S/C18H15ClFN3O/c1-11(10-24-2)23-9-15(12-3-6-16(19)17(20)7-12)14-5-4-13(8-21)22-18(14)23/h3-7,9,11H,10H2,1-2H3. The molecule has 0 amide bonds. The van der Waals surface area contributed by atoms with Crippen LogP contribution in [0.5, 0.6) is 0 Å². The minimum Gasteiger partial charge on any atom is -0.383 e. The van der Waals surface area contributed by atoms with E-state index in [-0.39, 0.29) is 11.1 Å². The maximum absolute atomic E-state index is 13.9. The molecule has 2 aromatic heterocycles. The van der Waals surface area contributed by atoms with Crippen LogP contribution in [0.2, 0.25) is 5.02 Å². The zero-order chi connectivity index (χ0) is 17.3. The highest BCUT2D eigenvalue weighted by molar-refractivity contribution is 6.30. The van der Waals surface area contributed by atoms with E-state index >= 15 is 0 Å². The van der Waals surface area contributed by atoms with Gasteiger partial charge in [0.15, 0.2) is 0 Å². The monoisotopic (exact) mass is 343 g/mol. The first-order valence-corrected chi connectivity index (χ1v) is 7.79. The molecular weight excluding hydrogens is 329 g/mol. The van der Waals surface area contributed by atoms with Crippen molar-refractivity contribution in [2.75, 3.05) is 13.7 Å². The predicted octanol–water partition coefficient (Wildman–Crippen LogP) is 4.57. The summed E-state index contributed by atoms with van der Waals surface area (Å²) in [5, 5.41) is 10.0. The van der Waals surface area contributed by atoms with E-state index < -0.39 is 5.82 Å². The molecule has 4 nitrogen and oxygen atoms in total. The van der Waals surface area contributed by atoms with Gasteiger partial charge in [0.1, 0.15) is 23.2 Å². The molecule has 3 rings (SSSR count). The van der Waals surface area contributed by atoms with Gasteiger partial charge < -0.3 is 9.30 Å². The summed E-state index contributed by atoms with van der Waals surface area (Å²) in [5.74, 6) is -0.471. The molecule has 0 aliphatic carbocycles. The molecule has 3 aromatic rings. The molecule has 1 aromatic carbocycles. The van der Waals surface area contributed by atoms with Crippen molar-refractivity contribution in [2.45, 2.75) is 13.0 Å². The number of rotatable bonds is 4. The first kappa shape index (κ1) is 16.4. The van der Waals surface area contributed by atoms with E-state index in [0.29, 0.717) is 23.5 Å². The molecule has 0 radical (unpaired) electrons. The molecule has 1 unspecified atom stereocenters. The third-order valence-electron chi connectivity index (χ3n) is 3.91. The Labute approximate surface area is 144 Å². The molecular formula is C18H15ClFN3O. The van der Waals surface area contributed by atoms with Gasteiger partial charge >= 0.3 is 0 Å². The molecule has 6 heteroatoms. The van der Waals surface area contributed by atoms with Crippen molar-refractivity contribution >= 4 is 22.6 Å². The van der Waals surface area contributed by atoms with E-state index in [1.54, 1.807) is 19.2 Å². The summed E-state index contributed by atoms with van der Waals surface area (Å²) in [6.45, 7) is 2.49. The first-order valence-electron chi connectivity index (χ1n) is 7.41. The zero-order valence-corrected chi connectivity index (χ0v) is 14.0. The number of ether oxygens (including phenoxy) is 1. The van der Waals surface area contributed by atoms with Crippen LogP contribution in [-0.2, 0) is 4.74 Å². The number of benzene rings is 1. The highest BCUT2D eigenvalue weighted by Gasteiger charge is 2.17. The number of pyridine rings is 1. The van der Waals surface area contributed by atoms with Crippen LogP contribution < -0.4 is 0 Å². The molecule has 0 spiro atoms. The van der Waals surface area contributed by atoms with Crippen LogP contribution in [0.15, 0.2) is 36.5 Å². The third-order valence-corrected chi connectivity index (χ3v) is 4.21. The number of hydrogen-bond acceptors (Lipinski definition) is 3. The fourth-order valence-electron chi connectivity index (χ4n) is 2.74. The Morgan fingerprint density at radius 1 is 1.38 bits per heavy atom. The Bertz CT molecular complexity index is 945. The second-order valence-electron chi connectivity index (χ2n) is 5.56. The van der Waals surface area contributed by atoms with Gasteiger partial charge in [-0.2, -0.15) is 5.26 Å². The molecule has 0 aliphatic heterocycles. The summed E-state index contributed by atoms with van der Waals surface area (Å²) < 4.78 is 21.0. The summed E-state index contributed by atoms with van der Waals surface area (Å²) in [7, 11) is 1.63. The molecule has 24 heavy (non-hydrogen) atoms. The van der Waals surface area contributed by atoms with Crippen molar-refractivity contribution in [3.63, 3.8) is 0 Å². The number of methoxy groups -OCH3 is 1. The Balaban J connectivity index is 2.24. The van der Waals surface area contributed by atoms with Gasteiger partial charge in [-0.05, 0) is 36.8 Å². The van der Waals surface area contributed by atoms with Crippen LogP contribution in [-0.4, -0.2) is 23.3 Å². The highest BCUT2D eigenvalue weighted by Crippen LogP contribution is 2.33. The maximum atomic E-state index is 13.9. The van der Waals surface area contributed by atoms with Crippen LogP contribution in [0.1, 0.15) is 18.7 Å². The van der Waals surface area contributed by atoms with E-state index in [4.69, 9.17) is 21.6 Å². The van der Waals surface area contributed by atoms with Gasteiger partial charge in [0.05, 0.1) is 17.7 Å². The fourth-order valence-corrected chi connectivity index (χ4v) is 2.86. The topological polar surface area (TPSA) is 50.8 Å². The predicted molar refractivity (Wildman–Crippen MR) is 91.4 cm³/mol. The van der Waals surface area contributed by atoms with Crippen LogP contribution in [0.4, 0.5) is 4.39 Å². The second-order valence-corrected chi connectivity index (χ2v) is 5.97. The second kappa shape index (κ2) is 6.60. The number of nitrogens with zero attached hydrogens (tertiary/aromatic N) is 3. The van der Waals surface area contributed by atoms with Gasteiger partial charge in [0.25, 0.3) is 0 Å². The smallest absolute Gasteiger partial charge is 0.142 e. The fraction of sp³-hybridized carbons (Fsp3) is 0.222. The molecule has 122 valence electrons. The lowest BCUT2D eigenvalue weighted by atomic mass is 10.1. The van der Waals surface area contributed by atoms with Gasteiger partial charge in [0, 0.05) is 24.3 Å². The number of hydrogen-bond donors (Lipinski definition) is 0. The number of aromatic nitrogens is 2. The van der Waals surface area contributed by atoms with Crippen molar-refractivity contribution in [1.82, 2.24) is 9.55 Å². The van der Waals surface area contributed by atoms with Crippen molar-refractivity contribution < 1.29 is 9.13 Å². The Hall–Kier alpha value is -2.42. The molecule has 0 aliphatic rings. The van der Waals surface area contributed by atoms with E-state index in [2.05, 4.69) is 4.98 Å².